The Morgan fingerprint density at radius 2 is 1.93 bits per heavy atom. The molecule has 5 heteroatoms. The third-order valence-electron chi connectivity index (χ3n) is 2.92. The van der Waals surface area contributed by atoms with E-state index in [0.717, 1.165) is 19.4 Å². The number of piperidine rings is 1. The van der Waals surface area contributed by atoms with Crippen LogP contribution < -0.4 is 5.32 Å². The van der Waals surface area contributed by atoms with Gasteiger partial charge in [-0.25, -0.2) is 12.7 Å². The van der Waals surface area contributed by atoms with Crippen LogP contribution in [0.15, 0.2) is 0 Å². The van der Waals surface area contributed by atoms with Crippen molar-refractivity contribution < 1.29 is 8.42 Å². The highest BCUT2D eigenvalue weighted by molar-refractivity contribution is 7.89. The maximum Gasteiger partial charge on any atom is 0.214 e. The van der Waals surface area contributed by atoms with Crippen molar-refractivity contribution in [3.05, 3.63) is 0 Å². The maximum absolute atomic E-state index is 11.8. The molecule has 1 heterocycles. The summed E-state index contributed by atoms with van der Waals surface area (Å²) in [5.74, 6) is 0.937. The van der Waals surface area contributed by atoms with E-state index in [4.69, 9.17) is 0 Å². The lowest BCUT2D eigenvalue weighted by atomic mass is 9.98. The molecule has 0 aliphatic carbocycles. The van der Waals surface area contributed by atoms with Crippen LogP contribution in [0.25, 0.3) is 0 Å². The predicted molar refractivity (Wildman–Crippen MR) is 62.3 cm³/mol. The lowest BCUT2D eigenvalue weighted by Crippen LogP contribution is -2.41. The molecule has 0 saturated carbocycles. The predicted octanol–water partition coefficient (Wildman–Crippen LogP) is 0.658. The van der Waals surface area contributed by atoms with Crippen molar-refractivity contribution >= 4 is 10.0 Å². The van der Waals surface area contributed by atoms with E-state index in [-0.39, 0.29) is 0 Å². The fraction of sp³-hybridized carbons (Fsp3) is 1.00. The van der Waals surface area contributed by atoms with Gasteiger partial charge in [-0.3, -0.25) is 0 Å². The van der Waals surface area contributed by atoms with Gasteiger partial charge >= 0.3 is 0 Å². The van der Waals surface area contributed by atoms with Gasteiger partial charge in [-0.05, 0) is 38.8 Å². The molecule has 4 nitrogen and oxygen atoms in total. The fourth-order valence-corrected chi connectivity index (χ4v) is 3.61. The standard InChI is InChI=1S/C10H22N2O2S/c1-3-8-15(13,14)12-6-4-10(5-7-12)9-11-2/h10-11H,3-9H2,1-2H3. The number of rotatable bonds is 5. The van der Waals surface area contributed by atoms with E-state index in [0.29, 0.717) is 31.2 Å². The highest BCUT2D eigenvalue weighted by Crippen LogP contribution is 2.19. The van der Waals surface area contributed by atoms with Gasteiger partial charge < -0.3 is 5.32 Å². The lowest BCUT2D eigenvalue weighted by Gasteiger charge is -2.31. The summed E-state index contributed by atoms with van der Waals surface area (Å²) in [6, 6.07) is 0. The Balaban J connectivity index is 2.43. The van der Waals surface area contributed by atoms with E-state index in [1.54, 1.807) is 4.31 Å². The van der Waals surface area contributed by atoms with Crippen molar-refractivity contribution in [2.75, 3.05) is 32.4 Å². The molecule has 1 fully saturated rings. The SMILES string of the molecule is CCCS(=O)(=O)N1CCC(CNC)CC1. The summed E-state index contributed by atoms with van der Waals surface area (Å²) in [4.78, 5) is 0. The molecule has 0 spiro atoms. The molecule has 15 heavy (non-hydrogen) atoms. The Kier molecular flexibility index (Phi) is 5.02. The molecule has 0 aromatic carbocycles. The molecule has 90 valence electrons. The number of hydrogen-bond acceptors (Lipinski definition) is 3. The number of sulfonamides is 1. The molecule has 0 aromatic heterocycles. The second-order valence-electron chi connectivity index (χ2n) is 4.22. The third kappa shape index (κ3) is 3.74. The molecule has 1 saturated heterocycles. The van der Waals surface area contributed by atoms with E-state index in [1.807, 2.05) is 14.0 Å². The molecule has 0 amide bonds. The van der Waals surface area contributed by atoms with Crippen molar-refractivity contribution in [1.82, 2.24) is 9.62 Å². The first kappa shape index (κ1) is 12.9. The lowest BCUT2D eigenvalue weighted by molar-refractivity contribution is 0.270. The Hall–Kier alpha value is -0.130. The molecule has 1 aliphatic heterocycles. The van der Waals surface area contributed by atoms with Gasteiger partial charge in [0.2, 0.25) is 10.0 Å². The van der Waals surface area contributed by atoms with Gasteiger partial charge in [0.25, 0.3) is 0 Å². The molecule has 0 bridgehead atoms. The number of nitrogens with zero attached hydrogens (tertiary/aromatic N) is 1. The van der Waals surface area contributed by atoms with Gasteiger partial charge in [0.15, 0.2) is 0 Å². The van der Waals surface area contributed by atoms with Crippen molar-refractivity contribution in [2.24, 2.45) is 5.92 Å². The van der Waals surface area contributed by atoms with Crippen LogP contribution in [0.4, 0.5) is 0 Å². The Morgan fingerprint density at radius 3 is 2.40 bits per heavy atom. The molecule has 1 N–H and O–H groups in total. The van der Waals surface area contributed by atoms with Crippen LogP contribution in [0.5, 0.6) is 0 Å². The van der Waals surface area contributed by atoms with E-state index < -0.39 is 10.0 Å². The van der Waals surface area contributed by atoms with Crippen molar-refractivity contribution in [1.29, 1.82) is 0 Å². The van der Waals surface area contributed by atoms with Gasteiger partial charge in [-0.2, -0.15) is 0 Å². The van der Waals surface area contributed by atoms with Crippen LogP contribution in [0.1, 0.15) is 26.2 Å². The van der Waals surface area contributed by atoms with Crippen molar-refractivity contribution in [3.63, 3.8) is 0 Å². The maximum atomic E-state index is 11.8. The zero-order valence-electron chi connectivity index (χ0n) is 9.70. The molecular formula is C10H22N2O2S. The summed E-state index contributed by atoms with van der Waals surface area (Å²) in [7, 11) is -1.01. The Bertz CT molecular complexity index is 269. The van der Waals surface area contributed by atoms with E-state index in [9.17, 15) is 8.42 Å². The van der Waals surface area contributed by atoms with Gasteiger partial charge in [0.05, 0.1) is 5.75 Å². The van der Waals surface area contributed by atoms with Crippen molar-refractivity contribution in [3.8, 4) is 0 Å². The van der Waals surface area contributed by atoms with Gasteiger partial charge in [-0.1, -0.05) is 6.92 Å². The van der Waals surface area contributed by atoms with Gasteiger partial charge in [0.1, 0.15) is 0 Å². The molecule has 0 radical (unpaired) electrons. The highest BCUT2D eigenvalue weighted by atomic mass is 32.2. The summed E-state index contributed by atoms with van der Waals surface area (Å²) in [6.07, 6.45) is 2.69. The van der Waals surface area contributed by atoms with Gasteiger partial charge in [0, 0.05) is 13.1 Å². The first-order chi connectivity index (χ1) is 7.10. The third-order valence-corrected chi connectivity index (χ3v) is 5.00. The molecule has 0 unspecified atom stereocenters. The minimum Gasteiger partial charge on any atom is -0.319 e. The number of nitrogens with one attached hydrogen (secondary N) is 1. The fourth-order valence-electron chi connectivity index (χ4n) is 2.07. The topological polar surface area (TPSA) is 49.4 Å². The smallest absolute Gasteiger partial charge is 0.214 e. The highest BCUT2D eigenvalue weighted by Gasteiger charge is 2.26. The van der Waals surface area contributed by atoms with Crippen molar-refractivity contribution in [2.45, 2.75) is 26.2 Å². The zero-order chi connectivity index (χ0) is 11.3. The zero-order valence-corrected chi connectivity index (χ0v) is 10.5. The summed E-state index contributed by atoms with van der Waals surface area (Å²) in [6.45, 7) is 4.32. The largest absolute Gasteiger partial charge is 0.319 e. The second kappa shape index (κ2) is 5.82. The van der Waals surface area contributed by atoms with Crippen LogP contribution >= 0.6 is 0 Å². The molecule has 0 atom stereocenters. The molecule has 1 aliphatic rings. The number of hydrogen-bond donors (Lipinski definition) is 1. The Labute approximate surface area is 93.1 Å². The summed E-state index contributed by atoms with van der Waals surface area (Å²) in [5, 5.41) is 3.15. The summed E-state index contributed by atoms with van der Waals surface area (Å²) >= 11 is 0. The van der Waals surface area contributed by atoms with Crippen LogP contribution in [-0.4, -0.2) is 45.2 Å². The average molecular weight is 234 g/mol. The monoisotopic (exact) mass is 234 g/mol. The van der Waals surface area contributed by atoms with E-state index in [1.165, 1.54) is 0 Å². The minimum absolute atomic E-state index is 0.295. The quantitative estimate of drug-likeness (QED) is 0.760. The molecule has 1 rings (SSSR count). The summed E-state index contributed by atoms with van der Waals surface area (Å²) in [5.41, 5.74) is 0. The van der Waals surface area contributed by atoms with E-state index >= 15 is 0 Å². The normalized spacial score (nSPS) is 20.7. The van der Waals surface area contributed by atoms with Crippen LogP contribution in [-0.2, 0) is 10.0 Å². The first-order valence-corrected chi connectivity index (χ1v) is 7.33. The van der Waals surface area contributed by atoms with Crippen LogP contribution in [0.2, 0.25) is 0 Å². The molecule has 0 aromatic rings. The minimum atomic E-state index is -2.96. The second-order valence-corrected chi connectivity index (χ2v) is 6.30. The van der Waals surface area contributed by atoms with Crippen LogP contribution in [0.3, 0.4) is 0 Å². The van der Waals surface area contributed by atoms with E-state index in [2.05, 4.69) is 5.32 Å². The summed E-state index contributed by atoms with van der Waals surface area (Å²) < 4.78 is 25.2. The first-order valence-electron chi connectivity index (χ1n) is 5.72. The molecular weight excluding hydrogens is 212 g/mol. The van der Waals surface area contributed by atoms with Crippen LogP contribution in [0, 0.1) is 5.92 Å². The average Bonchev–Trinajstić information content (AvgIpc) is 2.19. The van der Waals surface area contributed by atoms with Gasteiger partial charge in [-0.15, -0.1) is 0 Å². The Morgan fingerprint density at radius 1 is 1.33 bits per heavy atom.